The lowest BCUT2D eigenvalue weighted by Crippen LogP contribution is -2.38. The number of benzene rings is 1. The van der Waals surface area contributed by atoms with Crippen LogP contribution >= 0.6 is 0 Å². The highest BCUT2D eigenvalue weighted by Gasteiger charge is 2.24. The van der Waals surface area contributed by atoms with Crippen LogP contribution in [0.3, 0.4) is 0 Å². The normalized spacial score (nSPS) is 19.2. The molecule has 0 amide bonds. The number of carboxylic acids is 1. The van der Waals surface area contributed by atoms with Crippen LogP contribution in [0.2, 0.25) is 0 Å². The minimum Gasteiger partial charge on any atom is -0.478 e. The molecule has 1 unspecified atom stereocenters. The number of rotatable bonds is 5. The highest BCUT2D eigenvalue weighted by atomic mass is 16.4. The number of likely N-dealkylation sites (N-methyl/N-ethyl adjacent to an activating group) is 2. The largest absolute Gasteiger partial charge is 0.478 e. The Morgan fingerprint density at radius 1 is 1.55 bits per heavy atom. The highest BCUT2D eigenvalue weighted by Crippen LogP contribution is 2.23. The lowest BCUT2D eigenvalue weighted by molar-refractivity contribution is 0.0698. The number of hydrogen-bond donors (Lipinski definition) is 2. The molecular weight excluding hydrogens is 254 g/mol. The maximum absolute atomic E-state index is 11.1. The van der Waals surface area contributed by atoms with Gasteiger partial charge in [0, 0.05) is 31.0 Å². The minimum absolute atomic E-state index is 0.174. The molecule has 1 aromatic rings. The molecular formula is C15H23N3O2. The van der Waals surface area contributed by atoms with E-state index < -0.39 is 5.97 Å². The Labute approximate surface area is 120 Å². The third kappa shape index (κ3) is 3.04. The van der Waals surface area contributed by atoms with Crippen molar-refractivity contribution < 1.29 is 9.90 Å². The maximum atomic E-state index is 11.1. The van der Waals surface area contributed by atoms with Crippen molar-refractivity contribution >= 4 is 17.3 Å². The van der Waals surface area contributed by atoms with Crippen molar-refractivity contribution in [1.82, 2.24) is 4.90 Å². The molecule has 0 aliphatic carbocycles. The lowest BCUT2D eigenvalue weighted by Gasteiger charge is -2.29. The van der Waals surface area contributed by atoms with Gasteiger partial charge in [-0.15, -0.1) is 0 Å². The van der Waals surface area contributed by atoms with E-state index in [9.17, 15) is 4.79 Å². The van der Waals surface area contributed by atoms with Crippen molar-refractivity contribution in [1.29, 1.82) is 0 Å². The van der Waals surface area contributed by atoms with Crippen molar-refractivity contribution in [2.45, 2.75) is 25.8 Å². The highest BCUT2D eigenvalue weighted by molar-refractivity contribution is 5.94. The van der Waals surface area contributed by atoms with Gasteiger partial charge in [0.2, 0.25) is 0 Å². The molecule has 1 fully saturated rings. The number of carboxylic acid groups (broad SMARTS) is 1. The lowest BCUT2D eigenvalue weighted by atomic mass is 10.1. The van der Waals surface area contributed by atoms with Crippen LogP contribution in [0.25, 0.3) is 0 Å². The minimum atomic E-state index is -0.978. The summed E-state index contributed by atoms with van der Waals surface area (Å²) in [5.74, 6) is -0.978. The maximum Gasteiger partial charge on any atom is 0.337 e. The van der Waals surface area contributed by atoms with E-state index in [0.717, 1.165) is 25.3 Å². The molecule has 20 heavy (non-hydrogen) atoms. The molecule has 5 nitrogen and oxygen atoms in total. The monoisotopic (exact) mass is 277 g/mol. The molecule has 0 spiro atoms. The molecule has 0 saturated carbocycles. The van der Waals surface area contributed by atoms with Crippen molar-refractivity contribution in [3.8, 4) is 0 Å². The number of hydrogen-bond acceptors (Lipinski definition) is 4. The van der Waals surface area contributed by atoms with E-state index in [1.807, 2.05) is 13.1 Å². The number of nitrogens with two attached hydrogens (primary N) is 1. The molecule has 1 saturated heterocycles. The fourth-order valence-electron chi connectivity index (χ4n) is 2.91. The van der Waals surface area contributed by atoms with Crippen LogP contribution in [0, 0.1) is 0 Å². The predicted molar refractivity (Wildman–Crippen MR) is 81.4 cm³/mol. The number of anilines is 2. The summed E-state index contributed by atoms with van der Waals surface area (Å²) in [6.45, 7) is 5.33. The van der Waals surface area contributed by atoms with Crippen LogP contribution in [-0.4, -0.2) is 48.7 Å². The fourth-order valence-corrected chi connectivity index (χ4v) is 2.91. The van der Waals surface area contributed by atoms with Gasteiger partial charge in [0.15, 0.2) is 0 Å². The first-order valence-electron chi connectivity index (χ1n) is 7.11. The van der Waals surface area contributed by atoms with Gasteiger partial charge in [-0.25, -0.2) is 4.79 Å². The van der Waals surface area contributed by atoms with Crippen LogP contribution in [-0.2, 0) is 0 Å². The predicted octanol–water partition coefficient (Wildman–Crippen LogP) is 1.89. The molecule has 1 aliphatic rings. The summed E-state index contributed by atoms with van der Waals surface area (Å²) in [5, 5.41) is 9.13. The first kappa shape index (κ1) is 14.7. The second kappa shape index (κ2) is 6.13. The van der Waals surface area contributed by atoms with Gasteiger partial charge in [-0.3, -0.25) is 4.90 Å². The molecule has 0 aromatic heterocycles. The molecule has 0 bridgehead atoms. The summed E-state index contributed by atoms with van der Waals surface area (Å²) in [6, 6.07) is 5.76. The summed E-state index contributed by atoms with van der Waals surface area (Å²) in [5.41, 5.74) is 7.08. The van der Waals surface area contributed by atoms with E-state index in [-0.39, 0.29) is 5.56 Å². The number of nitrogen functional groups attached to an aromatic ring is 1. The third-order valence-electron chi connectivity index (χ3n) is 4.10. The van der Waals surface area contributed by atoms with Gasteiger partial charge in [-0.2, -0.15) is 0 Å². The third-order valence-corrected chi connectivity index (χ3v) is 4.10. The Morgan fingerprint density at radius 2 is 2.30 bits per heavy atom. The standard InChI is InChI=1S/C15H23N3O2/c1-3-18-8-4-5-12(18)10-17(2)11-6-7-14(16)13(9-11)15(19)20/h6-7,9,12H,3-5,8,10,16H2,1-2H3,(H,19,20). The molecule has 0 radical (unpaired) electrons. The van der Waals surface area contributed by atoms with Gasteiger partial charge in [-0.1, -0.05) is 6.92 Å². The van der Waals surface area contributed by atoms with Crippen molar-refractivity contribution in [3.63, 3.8) is 0 Å². The quantitative estimate of drug-likeness (QED) is 0.804. The zero-order chi connectivity index (χ0) is 14.7. The molecule has 1 atom stereocenters. The first-order valence-corrected chi connectivity index (χ1v) is 7.11. The number of aromatic carboxylic acids is 1. The Kier molecular flexibility index (Phi) is 4.49. The second-order valence-electron chi connectivity index (χ2n) is 5.38. The Morgan fingerprint density at radius 3 is 2.95 bits per heavy atom. The van der Waals surface area contributed by atoms with E-state index in [1.54, 1.807) is 12.1 Å². The zero-order valence-electron chi connectivity index (χ0n) is 12.2. The van der Waals surface area contributed by atoms with Crippen LogP contribution < -0.4 is 10.6 Å². The summed E-state index contributed by atoms with van der Waals surface area (Å²) in [7, 11) is 2.00. The van der Waals surface area contributed by atoms with Crippen LogP contribution in [0.1, 0.15) is 30.1 Å². The van der Waals surface area contributed by atoms with E-state index in [1.165, 1.54) is 12.8 Å². The fraction of sp³-hybridized carbons (Fsp3) is 0.533. The van der Waals surface area contributed by atoms with Gasteiger partial charge in [0.05, 0.1) is 5.56 Å². The summed E-state index contributed by atoms with van der Waals surface area (Å²) in [6.07, 6.45) is 2.45. The average molecular weight is 277 g/mol. The van der Waals surface area contributed by atoms with Gasteiger partial charge < -0.3 is 15.7 Å². The Hall–Kier alpha value is -1.75. The SMILES string of the molecule is CCN1CCCC1CN(C)c1ccc(N)c(C(=O)O)c1. The van der Waals surface area contributed by atoms with Crippen LogP contribution in [0.15, 0.2) is 18.2 Å². The number of carbonyl (C=O) groups is 1. The average Bonchev–Trinajstić information content (AvgIpc) is 2.86. The summed E-state index contributed by atoms with van der Waals surface area (Å²) in [4.78, 5) is 15.7. The van der Waals surface area contributed by atoms with Gasteiger partial charge in [-0.05, 0) is 44.1 Å². The topological polar surface area (TPSA) is 69.8 Å². The molecule has 1 aliphatic heterocycles. The Balaban J connectivity index is 2.11. The van der Waals surface area contributed by atoms with E-state index >= 15 is 0 Å². The second-order valence-corrected chi connectivity index (χ2v) is 5.38. The molecule has 5 heteroatoms. The van der Waals surface area contributed by atoms with Crippen LogP contribution in [0.4, 0.5) is 11.4 Å². The smallest absolute Gasteiger partial charge is 0.337 e. The van der Waals surface area contributed by atoms with Gasteiger partial charge in [0.1, 0.15) is 0 Å². The molecule has 2 rings (SSSR count). The zero-order valence-corrected chi connectivity index (χ0v) is 12.2. The Bertz CT molecular complexity index is 490. The van der Waals surface area contributed by atoms with Crippen molar-refractivity contribution in [2.24, 2.45) is 0 Å². The van der Waals surface area contributed by atoms with E-state index in [0.29, 0.717) is 11.7 Å². The summed E-state index contributed by atoms with van der Waals surface area (Å²) >= 11 is 0. The van der Waals surface area contributed by atoms with E-state index in [2.05, 4.69) is 16.7 Å². The molecule has 3 N–H and O–H groups in total. The molecule has 1 heterocycles. The van der Waals surface area contributed by atoms with Gasteiger partial charge in [0.25, 0.3) is 0 Å². The van der Waals surface area contributed by atoms with Crippen molar-refractivity contribution in [3.05, 3.63) is 23.8 Å². The van der Waals surface area contributed by atoms with Gasteiger partial charge >= 0.3 is 5.97 Å². The summed E-state index contributed by atoms with van der Waals surface area (Å²) < 4.78 is 0. The van der Waals surface area contributed by atoms with Crippen molar-refractivity contribution in [2.75, 3.05) is 37.3 Å². The number of nitrogens with zero attached hydrogens (tertiary/aromatic N) is 2. The molecule has 110 valence electrons. The molecule has 1 aromatic carbocycles. The number of likely N-dealkylation sites (tertiary alicyclic amines) is 1. The van der Waals surface area contributed by atoms with Crippen LogP contribution in [0.5, 0.6) is 0 Å². The first-order chi connectivity index (χ1) is 9.52. The van der Waals surface area contributed by atoms with E-state index in [4.69, 9.17) is 10.8 Å².